The number of anilines is 1. The van der Waals surface area contributed by atoms with Crippen molar-refractivity contribution in [2.24, 2.45) is 0 Å². The van der Waals surface area contributed by atoms with Crippen molar-refractivity contribution in [1.82, 2.24) is 5.32 Å². The van der Waals surface area contributed by atoms with Gasteiger partial charge in [0.1, 0.15) is 5.75 Å². The minimum atomic E-state index is -0.611. The van der Waals surface area contributed by atoms with Gasteiger partial charge in [-0.1, -0.05) is 6.07 Å². The van der Waals surface area contributed by atoms with Crippen molar-refractivity contribution in [3.8, 4) is 5.75 Å². The first-order chi connectivity index (χ1) is 8.63. The standard InChI is InChI=1S/C14H22N2O2/c1-11-3-4-13(18-2)12(9-11)16-10-14(17)5-7-15-8-6-14/h3-4,9,15-17H,5-8,10H2,1-2H3. The third-order valence-corrected chi connectivity index (χ3v) is 3.50. The first-order valence-electron chi connectivity index (χ1n) is 6.45. The lowest BCUT2D eigenvalue weighted by molar-refractivity contribution is 0.0232. The Morgan fingerprint density at radius 2 is 2.11 bits per heavy atom. The summed E-state index contributed by atoms with van der Waals surface area (Å²) in [5.41, 5.74) is 1.51. The molecule has 4 heteroatoms. The zero-order valence-corrected chi connectivity index (χ0v) is 11.1. The molecule has 2 rings (SSSR count). The van der Waals surface area contributed by atoms with E-state index in [0.717, 1.165) is 37.4 Å². The van der Waals surface area contributed by atoms with Crippen LogP contribution in [0.4, 0.5) is 5.69 Å². The second kappa shape index (κ2) is 5.59. The molecule has 0 spiro atoms. The van der Waals surface area contributed by atoms with Crippen LogP contribution in [0.3, 0.4) is 0 Å². The highest BCUT2D eigenvalue weighted by Gasteiger charge is 2.28. The van der Waals surface area contributed by atoms with Gasteiger partial charge in [0.05, 0.1) is 18.4 Å². The van der Waals surface area contributed by atoms with Gasteiger partial charge in [0.25, 0.3) is 0 Å². The number of aliphatic hydroxyl groups is 1. The van der Waals surface area contributed by atoms with Gasteiger partial charge in [-0.25, -0.2) is 0 Å². The fourth-order valence-corrected chi connectivity index (χ4v) is 2.29. The van der Waals surface area contributed by atoms with Crippen molar-refractivity contribution in [2.45, 2.75) is 25.4 Å². The van der Waals surface area contributed by atoms with Crippen LogP contribution < -0.4 is 15.4 Å². The van der Waals surface area contributed by atoms with E-state index in [4.69, 9.17) is 4.74 Å². The minimum absolute atomic E-state index is 0.564. The summed E-state index contributed by atoms with van der Waals surface area (Å²) in [6.07, 6.45) is 1.57. The number of rotatable bonds is 4. The van der Waals surface area contributed by atoms with Crippen LogP contribution in [-0.2, 0) is 0 Å². The van der Waals surface area contributed by atoms with Crippen LogP contribution in [0.15, 0.2) is 18.2 Å². The quantitative estimate of drug-likeness (QED) is 0.758. The molecule has 3 N–H and O–H groups in total. The molecular formula is C14H22N2O2. The van der Waals surface area contributed by atoms with Crippen molar-refractivity contribution in [3.05, 3.63) is 23.8 Å². The van der Waals surface area contributed by atoms with Gasteiger partial charge < -0.3 is 20.5 Å². The average Bonchev–Trinajstić information content (AvgIpc) is 2.38. The Morgan fingerprint density at radius 1 is 1.39 bits per heavy atom. The molecule has 1 aliphatic heterocycles. The molecule has 1 aromatic rings. The highest BCUT2D eigenvalue weighted by molar-refractivity contribution is 5.58. The number of aryl methyl sites for hydroxylation is 1. The molecule has 4 nitrogen and oxygen atoms in total. The Bertz CT molecular complexity index is 401. The third kappa shape index (κ3) is 3.15. The number of piperidine rings is 1. The normalized spacial score (nSPS) is 18.4. The molecule has 1 fully saturated rings. The maximum atomic E-state index is 10.4. The van der Waals surface area contributed by atoms with Gasteiger partial charge in [0.2, 0.25) is 0 Å². The lowest BCUT2D eigenvalue weighted by Gasteiger charge is -2.33. The first-order valence-corrected chi connectivity index (χ1v) is 6.45. The van der Waals surface area contributed by atoms with Gasteiger partial charge >= 0.3 is 0 Å². The smallest absolute Gasteiger partial charge is 0.141 e. The summed E-state index contributed by atoms with van der Waals surface area (Å²) >= 11 is 0. The zero-order chi connectivity index (χ0) is 13.0. The average molecular weight is 250 g/mol. The third-order valence-electron chi connectivity index (χ3n) is 3.50. The Balaban J connectivity index is 2.02. The molecule has 1 heterocycles. The monoisotopic (exact) mass is 250 g/mol. The van der Waals surface area contributed by atoms with Gasteiger partial charge in [0, 0.05) is 6.54 Å². The van der Waals surface area contributed by atoms with Gasteiger partial charge in [-0.3, -0.25) is 0 Å². The molecule has 0 bridgehead atoms. The van der Waals surface area contributed by atoms with Gasteiger partial charge in [-0.05, 0) is 50.6 Å². The zero-order valence-electron chi connectivity index (χ0n) is 11.1. The number of benzene rings is 1. The van der Waals surface area contributed by atoms with E-state index >= 15 is 0 Å². The molecule has 0 radical (unpaired) electrons. The summed E-state index contributed by atoms with van der Waals surface area (Å²) in [6, 6.07) is 6.01. The molecule has 1 aromatic carbocycles. The molecule has 1 saturated heterocycles. The summed E-state index contributed by atoms with van der Waals surface area (Å²) in [4.78, 5) is 0. The van der Waals surface area contributed by atoms with Crippen LogP contribution in [0.2, 0.25) is 0 Å². The van der Waals surface area contributed by atoms with E-state index in [1.54, 1.807) is 7.11 Å². The summed E-state index contributed by atoms with van der Waals surface area (Å²) in [7, 11) is 1.66. The van der Waals surface area contributed by atoms with E-state index in [1.807, 2.05) is 25.1 Å². The van der Waals surface area contributed by atoms with Crippen molar-refractivity contribution in [2.75, 3.05) is 32.1 Å². The van der Waals surface area contributed by atoms with Crippen molar-refractivity contribution in [1.29, 1.82) is 0 Å². The van der Waals surface area contributed by atoms with Crippen molar-refractivity contribution in [3.63, 3.8) is 0 Å². The number of hydrogen-bond acceptors (Lipinski definition) is 4. The Hall–Kier alpha value is -1.26. The van der Waals surface area contributed by atoms with Gasteiger partial charge in [-0.15, -0.1) is 0 Å². The lowest BCUT2D eigenvalue weighted by atomic mass is 9.92. The summed E-state index contributed by atoms with van der Waals surface area (Å²) in [5.74, 6) is 0.818. The second-order valence-electron chi connectivity index (χ2n) is 5.03. The fourth-order valence-electron chi connectivity index (χ4n) is 2.29. The molecule has 0 atom stereocenters. The highest BCUT2D eigenvalue weighted by atomic mass is 16.5. The number of ether oxygens (including phenoxy) is 1. The largest absolute Gasteiger partial charge is 0.495 e. The van der Waals surface area contributed by atoms with E-state index in [-0.39, 0.29) is 0 Å². The molecule has 18 heavy (non-hydrogen) atoms. The molecule has 1 aliphatic rings. The van der Waals surface area contributed by atoms with Gasteiger partial charge in [0.15, 0.2) is 0 Å². The number of methoxy groups -OCH3 is 1. The van der Waals surface area contributed by atoms with E-state index in [0.29, 0.717) is 6.54 Å². The van der Waals surface area contributed by atoms with Crippen LogP contribution >= 0.6 is 0 Å². The van der Waals surface area contributed by atoms with Crippen LogP contribution in [0.1, 0.15) is 18.4 Å². The predicted molar refractivity (Wildman–Crippen MR) is 73.3 cm³/mol. The molecule has 0 amide bonds. The van der Waals surface area contributed by atoms with Crippen molar-refractivity contribution < 1.29 is 9.84 Å². The Labute approximate surface area is 108 Å². The summed E-state index contributed by atoms with van der Waals surface area (Å²) in [5, 5.41) is 17.0. The Kier molecular flexibility index (Phi) is 4.09. The van der Waals surface area contributed by atoms with Crippen LogP contribution in [0.25, 0.3) is 0 Å². The van der Waals surface area contributed by atoms with Crippen LogP contribution in [-0.4, -0.2) is 37.5 Å². The van der Waals surface area contributed by atoms with Crippen LogP contribution in [0, 0.1) is 6.92 Å². The second-order valence-corrected chi connectivity index (χ2v) is 5.03. The predicted octanol–water partition coefficient (Wildman–Crippen LogP) is 1.53. The number of nitrogens with one attached hydrogen (secondary N) is 2. The fraction of sp³-hybridized carbons (Fsp3) is 0.571. The summed E-state index contributed by atoms with van der Waals surface area (Å²) < 4.78 is 5.32. The van der Waals surface area contributed by atoms with E-state index in [1.165, 1.54) is 5.56 Å². The number of hydrogen-bond donors (Lipinski definition) is 3. The molecule has 0 aliphatic carbocycles. The SMILES string of the molecule is COc1ccc(C)cc1NCC1(O)CCNCC1. The maximum Gasteiger partial charge on any atom is 0.141 e. The van der Waals surface area contributed by atoms with Gasteiger partial charge in [-0.2, -0.15) is 0 Å². The topological polar surface area (TPSA) is 53.5 Å². The molecule has 0 unspecified atom stereocenters. The van der Waals surface area contributed by atoms with Crippen molar-refractivity contribution >= 4 is 5.69 Å². The van der Waals surface area contributed by atoms with E-state index < -0.39 is 5.60 Å². The lowest BCUT2D eigenvalue weighted by Crippen LogP contribution is -2.46. The highest BCUT2D eigenvalue weighted by Crippen LogP contribution is 2.27. The van der Waals surface area contributed by atoms with Crippen LogP contribution in [0.5, 0.6) is 5.75 Å². The molecule has 0 saturated carbocycles. The molecular weight excluding hydrogens is 228 g/mol. The maximum absolute atomic E-state index is 10.4. The Morgan fingerprint density at radius 3 is 2.78 bits per heavy atom. The van der Waals surface area contributed by atoms with E-state index in [9.17, 15) is 5.11 Å². The molecule has 0 aromatic heterocycles. The first kappa shape index (κ1) is 13.2. The minimum Gasteiger partial charge on any atom is -0.495 e. The molecule has 100 valence electrons. The van der Waals surface area contributed by atoms with E-state index in [2.05, 4.69) is 10.6 Å². The summed E-state index contributed by atoms with van der Waals surface area (Å²) in [6.45, 7) is 4.37.